The number of carbonyl (C=O) groups is 2. The number of carbonyl (C=O) groups excluding carboxylic acids is 2. The van der Waals surface area contributed by atoms with Crippen LogP contribution in [0.4, 0.5) is 14.9 Å². The van der Waals surface area contributed by atoms with Gasteiger partial charge in [0, 0.05) is 30.1 Å². The Labute approximate surface area is 188 Å². The number of nitrogens with zero attached hydrogens (tertiary/aromatic N) is 2. The number of hydrogen-bond donors (Lipinski definition) is 2. The summed E-state index contributed by atoms with van der Waals surface area (Å²) in [6, 6.07) is 16.6. The Hall–Kier alpha value is -3.65. The molecule has 0 bridgehead atoms. The van der Waals surface area contributed by atoms with Gasteiger partial charge in [-0.25, -0.2) is 13.8 Å². The van der Waals surface area contributed by atoms with Crippen molar-refractivity contribution in [1.82, 2.24) is 10.3 Å². The summed E-state index contributed by atoms with van der Waals surface area (Å²) < 4.78 is 15.3. The minimum Gasteiger partial charge on any atom is -1.00 e. The monoisotopic (exact) mass is 480 g/mol. The summed E-state index contributed by atoms with van der Waals surface area (Å²) >= 11 is 0. The van der Waals surface area contributed by atoms with Crippen LogP contribution in [-0.2, 0) is 6.54 Å². The third-order valence-corrected chi connectivity index (χ3v) is 4.53. The largest absolute Gasteiger partial charge is 1.00 e. The van der Waals surface area contributed by atoms with Crippen LogP contribution >= 0.6 is 0 Å². The minimum atomic E-state index is -0.622. The van der Waals surface area contributed by atoms with Gasteiger partial charge in [0.2, 0.25) is 0 Å². The van der Waals surface area contributed by atoms with Gasteiger partial charge in [-0.1, -0.05) is 18.2 Å². The molecule has 0 saturated carbocycles. The van der Waals surface area contributed by atoms with Crippen LogP contribution in [0.5, 0.6) is 0 Å². The van der Waals surface area contributed by atoms with Crippen molar-refractivity contribution in [1.29, 1.82) is 0 Å². The molecule has 3 amide bonds. The van der Waals surface area contributed by atoms with Gasteiger partial charge >= 0.3 is 6.03 Å². The molecule has 156 valence electrons. The number of nitrogens with one attached hydrogen (secondary N) is 2. The van der Waals surface area contributed by atoms with Crippen molar-refractivity contribution in [2.24, 2.45) is 0 Å². The fourth-order valence-electron chi connectivity index (χ4n) is 3.06. The van der Waals surface area contributed by atoms with Crippen LogP contribution in [0, 0.1) is 5.82 Å². The van der Waals surface area contributed by atoms with Gasteiger partial charge in [0.1, 0.15) is 5.82 Å². The highest BCUT2D eigenvalue weighted by Crippen LogP contribution is 2.17. The summed E-state index contributed by atoms with van der Waals surface area (Å²) in [4.78, 5) is 27.9. The van der Waals surface area contributed by atoms with Crippen molar-refractivity contribution in [3.05, 3.63) is 102 Å². The van der Waals surface area contributed by atoms with E-state index in [1.54, 1.807) is 36.5 Å². The van der Waals surface area contributed by atoms with E-state index in [-0.39, 0.29) is 22.8 Å². The molecule has 0 unspecified atom stereocenters. The van der Waals surface area contributed by atoms with Gasteiger partial charge in [-0.15, -0.1) is 0 Å². The number of hydrogen-bond acceptors (Lipinski definition) is 3. The second-order valence-electron chi connectivity index (χ2n) is 6.73. The first-order chi connectivity index (χ1) is 14.6. The molecule has 2 heterocycles. The Balaban J connectivity index is 0.00000272. The lowest BCUT2D eigenvalue weighted by Gasteiger charge is -2.06. The Morgan fingerprint density at radius 2 is 1.71 bits per heavy atom. The lowest BCUT2D eigenvalue weighted by molar-refractivity contribution is -0.688. The topological polar surface area (TPSA) is 75.0 Å². The molecule has 4 aromatic rings. The zero-order valence-corrected chi connectivity index (χ0v) is 17.8. The minimum absolute atomic E-state index is 0. The van der Waals surface area contributed by atoms with Gasteiger partial charge in [-0.05, 0) is 41.1 Å². The maximum absolute atomic E-state index is 13.3. The predicted molar refractivity (Wildman–Crippen MR) is 110 cm³/mol. The Bertz CT molecular complexity index is 1220. The van der Waals surface area contributed by atoms with Gasteiger partial charge in [0.25, 0.3) is 5.91 Å². The van der Waals surface area contributed by atoms with Crippen molar-refractivity contribution < 1.29 is 35.5 Å². The van der Waals surface area contributed by atoms with Gasteiger partial charge in [-0.2, -0.15) is 0 Å². The predicted octanol–water partition coefficient (Wildman–Crippen LogP) is 0.676. The van der Waals surface area contributed by atoms with Crippen LogP contribution in [0.3, 0.4) is 0 Å². The third kappa shape index (κ3) is 5.70. The van der Waals surface area contributed by atoms with Crippen molar-refractivity contribution in [3.8, 4) is 0 Å². The van der Waals surface area contributed by atoms with E-state index in [1.807, 2.05) is 35.2 Å². The van der Waals surface area contributed by atoms with Crippen LogP contribution in [0.2, 0.25) is 0 Å². The van der Waals surface area contributed by atoms with Crippen molar-refractivity contribution in [3.63, 3.8) is 0 Å². The van der Waals surface area contributed by atoms with E-state index in [2.05, 4.69) is 15.6 Å². The number of anilines is 1. The summed E-state index contributed by atoms with van der Waals surface area (Å²) in [6.07, 6.45) is 6.59. The highest BCUT2D eigenvalue weighted by molar-refractivity contribution is 6.07. The first-order valence-electron chi connectivity index (χ1n) is 9.26. The zero-order valence-electron chi connectivity index (χ0n) is 16.3. The molecule has 2 aromatic carbocycles. The van der Waals surface area contributed by atoms with E-state index in [0.29, 0.717) is 17.8 Å². The van der Waals surface area contributed by atoms with Crippen LogP contribution in [0.1, 0.15) is 15.9 Å². The number of pyridine rings is 2. The van der Waals surface area contributed by atoms with Crippen LogP contribution in [0.25, 0.3) is 10.8 Å². The number of imide groups is 1. The van der Waals surface area contributed by atoms with Crippen LogP contribution in [0.15, 0.2) is 85.5 Å². The molecule has 4 rings (SSSR count). The molecule has 8 heteroatoms. The lowest BCUT2D eigenvalue weighted by atomic mass is 10.1. The Morgan fingerprint density at radius 3 is 2.45 bits per heavy atom. The fraction of sp³-hybridized carbons (Fsp3) is 0.0435. The molecule has 2 N–H and O–H groups in total. The maximum Gasteiger partial charge on any atom is 0.326 e. The molecule has 0 aliphatic rings. The number of urea groups is 1. The molecule has 0 spiro atoms. The number of fused-ring (bicyclic) bond motifs is 1. The average Bonchev–Trinajstić information content (AvgIpc) is 2.76. The summed E-state index contributed by atoms with van der Waals surface area (Å²) in [7, 11) is 0. The molecule has 0 radical (unpaired) electrons. The second-order valence-corrected chi connectivity index (χ2v) is 6.73. The molecule has 0 fully saturated rings. The normalized spacial score (nSPS) is 10.2. The fourth-order valence-corrected chi connectivity index (χ4v) is 3.06. The van der Waals surface area contributed by atoms with E-state index >= 15 is 0 Å². The first-order valence-corrected chi connectivity index (χ1v) is 9.26. The number of aromatic nitrogens is 2. The quantitative estimate of drug-likeness (QED) is 0.421. The van der Waals surface area contributed by atoms with Gasteiger partial charge in [0.05, 0.1) is 11.3 Å². The van der Waals surface area contributed by atoms with E-state index in [4.69, 9.17) is 0 Å². The summed E-state index contributed by atoms with van der Waals surface area (Å²) in [6.45, 7) is 0.624. The van der Waals surface area contributed by atoms with Crippen molar-refractivity contribution >= 4 is 28.4 Å². The molecular formula is C23H18BrFN4O2. The smallest absolute Gasteiger partial charge is 0.326 e. The molecule has 0 aliphatic heterocycles. The van der Waals surface area contributed by atoms with Crippen molar-refractivity contribution in [2.45, 2.75) is 6.54 Å². The number of amides is 3. The SMILES string of the molecule is O=C(NC(=O)c1cccnc1)Nc1cc[n+](Cc2ccc3cc(F)ccc3c2)cc1.[Br-]. The molecule has 0 atom stereocenters. The number of benzene rings is 2. The summed E-state index contributed by atoms with van der Waals surface area (Å²) in [5.41, 5.74) is 1.92. The lowest BCUT2D eigenvalue weighted by Crippen LogP contribution is -3.00. The molecule has 6 nitrogen and oxygen atoms in total. The van der Waals surface area contributed by atoms with E-state index in [1.165, 1.54) is 18.3 Å². The zero-order chi connectivity index (χ0) is 20.9. The van der Waals surface area contributed by atoms with Crippen LogP contribution < -0.4 is 32.2 Å². The molecule has 31 heavy (non-hydrogen) atoms. The number of halogens is 2. The maximum atomic E-state index is 13.3. The first kappa shape index (κ1) is 22.0. The van der Waals surface area contributed by atoms with E-state index < -0.39 is 11.9 Å². The Morgan fingerprint density at radius 1 is 0.968 bits per heavy atom. The molecule has 2 aromatic heterocycles. The van der Waals surface area contributed by atoms with Crippen LogP contribution in [-0.4, -0.2) is 16.9 Å². The highest BCUT2D eigenvalue weighted by atomic mass is 79.9. The van der Waals surface area contributed by atoms with Gasteiger partial charge < -0.3 is 22.3 Å². The van der Waals surface area contributed by atoms with Crippen molar-refractivity contribution in [2.75, 3.05) is 5.32 Å². The average molecular weight is 481 g/mol. The summed E-state index contributed by atoms with van der Waals surface area (Å²) in [5, 5.41) is 6.71. The highest BCUT2D eigenvalue weighted by Gasteiger charge is 2.11. The molecule has 0 saturated heterocycles. The molecular weight excluding hydrogens is 463 g/mol. The van der Waals surface area contributed by atoms with Gasteiger partial charge in [-0.3, -0.25) is 15.1 Å². The standard InChI is InChI=1S/C23H17FN4O2.BrH/c24-20-6-5-17-12-16(3-4-18(17)13-20)15-28-10-7-21(8-11-28)26-23(30)27-22(29)19-2-1-9-25-14-19;/h1-14H,15H2,(H,27,29,30);1H. The third-order valence-electron chi connectivity index (χ3n) is 4.53. The second kappa shape index (κ2) is 9.90. The number of rotatable bonds is 4. The Kier molecular flexibility index (Phi) is 7.04. The van der Waals surface area contributed by atoms with Gasteiger partial charge in [0.15, 0.2) is 18.9 Å². The summed E-state index contributed by atoms with van der Waals surface area (Å²) in [5.74, 6) is -0.776. The van der Waals surface area contributed by atoms with E-state index in [0.717, 1.165) is 16.3 Å². The molecule has 0 aliphatic carbocycles. The van der Waals surface area contributed by atoms with E-state index in [9.17, 15) is 14.0 Å².